The summed E-state index contributed by atoms with van der Waals surface area (Å²) in [4.78, 5) is 41.2. The van der Waals surface area contributed by atoms with Gasteiger partial charge in [0.1, 0.15) is 11.5 Å². The number of hydrogen-bond acceptors (Lipinski definition) is 5. The highest BCUT2D eigenvalue weighted by atomic mass is 16.2. The predicted octanol–water partition coefficient (Wildman–Crippen LogP) is 1.55. The maximum absolute atomic E-state index is 13.2. The zero-order valence-electron chi connectivity index (χ0n) is 17.0. The monoisotopic (exact) mass is 415 g/mol. The fraction of sp³-hybridized carbons (Fsp3) is 0.318. The fourth-order valence-electron chi connectivity index (χ4n) is 5.00. The quantitative estimate of drug-likeness (QED) is 0.496. The average molecular weight is 415 g/mol. The van der Waals surface area contributed by atoms with Crippen LogP contribution < -0.4 is 5.56 Å². The minimum atomic E-state index is -0.0828. The number of imidazole rings is 2. The summed E-state index contributed by atoms with van der Waals surface area (Å²) in [5.74, 6) is 1.48. The molecule has 2 aliphatic rings. The van der Waals surface area contributed by atoms with E-state index in [1.165, 1.54) is 0 Å². The Morgan fingerprint density at radius 1 is 1.10 bits per heavy atom. The van der Waals surface area contributed by atoms with Gasteiger partial charge in [0.15, 0.2) is 0 Å². The van der Waals surface area contributed by atoms with Crippen molar-refractivity contribution in [2.45, 2.75) is 18.9 Å². The second-order valence-electron chi connectivity index (χ2n) is 8.41. The number of carbonyl (C=O) groups excluding carboxylic acids is 1. The maximum Gasteiger partial charge on any atom is 0.274 e. The lowest BCUT2D eigenvalue weighted by atomic mass is 9.83. The SMILES string of the molecule is Cn1ccnc1-c1ccc2n(c1=O)C[C@H]1C[C@@H]2CN(C(=O)c2cn3cccnc3n2)C1. The molecule has 31 heavy (non-hydrogen) atoms. The molecule has 2 aliphatic heterocycles. The highest BCUT2D eigenvalue weighted by Crippen LogP contribution is 2.36. The van der Waals surface area contributed by atoms with E-state index < -0.39 is 0 Å². The molecule has 2 atom stereocenters. The van der Waals surface area contributed by atoms with Crippen LogP contribution in [0.5, 0.6) is 0 Å². The number of hydrogen-bond donors (Lipinski definition) is 0. The summed E-state index contributed by atoms with van der Waals surface area (Å²) in [6.07, 6.45) is 9.75. The average Bonchev–Trinajstić information content (AvgIpc) is 3.40. The summed E-state index contributed by atoms with van der Waals surface area (Å²) in [6, 6.07) is 5.70. The van der Waals surface area contributed by atoms with Crippen LogP contribution in [0.1, 0.15) is 28.5 Å². The van der Waals surface area contributed by atoms with Crippen molar-refractivity contribution in [2.75, 3.05) is 13.1 Å². The van der Waals surface area contributed by atoms with Crippen LogP contribution in [0.25, 0.3) is 17.2 Å². The van der Waals surface area contributed by atoms with Gasteiger partial charge in [-0.1, -0.05) is 0 Å². The molecule has 0 unspecified atom stereocenters. The maximum atomic E-state index is 13.2. The molecule has 4 aromatic heterocycles. The van der Waals surface area contributed by atoms with Crippen molar-refractivity contribution in [3.63, 3.8) is 0 Å². The molecule has 6 rings (SSSR count). The minimum Gasteiger partial charge on any atom is -0.336 e. The Balaban J connectivity index is 1.32. The standard InChI is InChI=1S/C22H21N7O2/c1-26-8-6-23-19(26)16-3-4-18-15-9-14(11-29(18)20(16)30)10-28(12-15)21(31)17-13-27-7-2-5-24-22(27)25-17/h2-8,13-15H,9-12H2,1H3/t14-,15+/m0/s1. The van der Waals surface area contributed by atoms with E-state index in [2.05, 4.69) is 15.0 Å². The van der Waals surface area contributed by atoms with Gasteiger partial charge in [0.25, 0.3) is 11.5 Å². The third-order valence-electron chi connectivity index (χ3n) is 6.41. The Morgan fingerprint density at radius 2 is 2.00 bits per heavy atom. The van der Waals surface area contributed by atoms with Gasteiger partial charge in [0.2, 0.25) is 5.78 Å². The number of carbonyl (C=O) groups is 1. The number of nitrogens with zero attached hydrogens (tertiary/aromatic N) is 7. The first-order valence-corrected chi connectivity index (χ1v) is 10.4. The molecule has 156 valence electrons. The Labute approximate surface area is 177 Å². The van der Waals surface area contributed by atoms with Gasteiger partial charge in [0.05, 0.1) is 5.56 Å². The number of aryl methyl sites for hydroxylation is 1. The first-order chi connectivity index (χ1) is 15.1. The lowest BCUT2D eigenvalue weighted by Crippen LogP contribution is -2.49. The topological polar surface area (TPSA) is 90.3 Å². The van der Waals surface area contributed by atoms with Gasteiger partial charge in [0, 0.05) is 69.3 Å². The molecule has 9 heteroatoms. The van der Waals surface area contributed by atoms with Crippen molar-refractivity contribution >= 4 is 11.7 Å². The molecule has 0 radical (unpaired) electrons. The van der Waals surface area contributed by atoms with E-state index in [0.717, 1.165) is 12.1 Å². The number of fused-ring (bicyclic) bond motifs is 5. The van der Waals surface area contributed by atoms with E-state index in [4.69, 9.17) is 0 Å². The van der Waals surface area contributed by atoms with E-state index in [1.807, 2.05) is 51.7 Å². The third kappa shape index (κ3) is 2.80. The molecule has 0 aliphatic carbocycles. The Hall–Kier alpha value is -3.75. The largest absolute Gasteiger partial charge is 0.336 e. The zero-order valence-corrected chi connectivity index (χ0v) is 17.0. The first kappa shape index (κ1) is 18.1. The molecular formula is C22H21N7O2. The molecule has 1 saturated heterocycles. The molecule has 0 N–H and O–H groups in total. The van der Waals surface area contributed by atoms with Crippen molar-refractivity contribution in [2.24, 2.45) is 13.0 Å². The van der Waals surface area contributed by atoms with Crippen molar-refractivity contribution in [3.05, 3.63) is 70.9 Å². The van der Waals surface area contributed by atoms with Crippen LogP contribution >= 0.6 is 0 Å². The molecule has 9 nitrogen and oxygen atoms in total. The van der Waals surface area contributed by atoms with E-state index in [1.54, 1.807) is 23.0 Å². The second-order valence-corrected chi connectivity index (χ2v) is 8.41. The van der Waals surface area contributed by atoms with Gasteiger partial charge < -0.3 is 14.0 Å². The van der Waals surface area contributed by atoms with Crippen LogP contribution in [0.15, 0.2) is 54.0 Å². The van der Waals surface area contributed by atoms with Gasteiger partial charge in [-0.05, 0) is 30.5 Å². The lowest BCUT2D eigenvalue weighted by molar-refractivity contribution is 0.0589. The van der Waals surface area contributed by atoms with E-state index in [-0.39, 0.29) is 23.3 Å². The third-order valence-corrected chi connectivity index (χ3v) is 6.41. The molecule has 0 aromatic carbocycles. The zero-order chi connectivity index (χ0) is 21.1. The summed E-state index contributed by atoms with van der Waals surface area (Å²) in [7, 11) is 1.89. The number of pyridine rings is 1. The summed E-state index contributed by atoms with van der Waals surface area (Å²) in [5.41, 5.74) is 2.00. The number of piperidine rings is 1. The van der Waals surface area contributed by atoms with Gasteiger partial charge in [-0.3, -0.25) is 14.0 Å². The number of amides is 1. The van der Waals surface area contributed by atoms with Crippen LogP contribution in [0.3, 0.4) is 0 Å². The highest BCUT2D eigenvalue weighted by Gasteiger charge is 2.37. The van der Waals surface area contributed by atoms with Crippen LogP contribution in [0.2, 0.25) is 0 Å². The van der Waals surface area contributed by atoms with Crippen LogP contribution in [0.4, 0.5) is 0 Å². The number of aromatic nitrogens is 6. The Kier molecular flexibility index (Phi) is 3.86. The van der Waals surface area contributed by atoms with Crippen LogP contribution in [-0.2, 0) is 13.6 Å². The number of rotatable bonds is 2. The fourth-order valence-corrected chi connectivity index (χ4v) is 5.00. The van der Waals surface area contributed by atoms with Crippen molar-refractivity contribution < 1.29 is 4.79 Å². The molecular weight excluding hydrogens is 394 g/mol. The summed E-state index contributed by atoms with van der Waals surface area (Å²) in [6.45, 7) is 1.81. The van der Waals surface area contributed by atoms with Crippen LogP contribution in [-0.4, -0.2) is 52.4 Å². The van der Waals surface area contributed by atoms with Crippen LogP contribution in [0, 0.1) is 5.92 Å². The molecule has 0 saturated carbocycles. The first-order valence-electron chi connectivity index (χ1n) is 10.4. The van der Waals surface area contributed by atoms with Crippen molar-refractivity contribution in [3.8, 4) is 11.4 Å². The van der Waals surface area contributed by atoms with Gasteiger partial charge in [-0.15, -0.1) is 0 Å². The molecule has 0 spiro atoms. The summed E-state index contributed by atoms with van der Waals surface area (Å²) < 4.78 is 5.50. The number of likely N-dealkylation sites (tertiary alicyclic amines) is 1. The van der Waals surface area contributed by atoms with E-state index >= 15 is 0 Å². The normalized spacial score (nSPS) is 20.1. The van der Waals surface area contributed by atoms with E-state index in [9.17, 15) is 9.59 Å². The van der Waals surface area contributed by atoms with Gasteiger partial charge in [-0.2, -0.15) is 0 Å². The summed E-state index contributed by atoms with van der Waals surface area (Å²) in [5, 5.41) is 0. The molecule has 1 fully saturated rings. The van der Waals surface area contributed by atoms with Gasteiger partial charge >= 0.3 is 0 Å². The molecule has 4 aromatic rings. The second kappa shape index (κ2) is 6.63. The predicted molar refractivity (Wildman–Crippen MR) is 113 cm³/mol. The van der Waals surface area contributed by atoms with E-state index in [0.29, 0.717) is 42.5 Å². The molecule has 6 heterocycles. The Morgan fingerprint density at radius 3 is 2.81 bits per heavy atom. The van der Waals surface area contributed by atoms with Gasteiger partial charge in [-0.25, -0.2) is 15.0 Å². The molecule has 1 amide bonds. The van der Waals surface area contributed by atoms with Crippen molar-refractivity contribution in [1.29, 1.82) is 0 Å². The smallest absolute Gasteiger partial charge is 0.274 e. The van der Waals surface area contributed by atoms with Crippen molar-refractivity contribution in [1.82, 2.24) is 33.4 Å². The Bertz CT molecular complexity index is 1350. The lowest BCUT2D eigenvalue weighted by Gasteiger charge is -2.42. The highest BCUT2D eigenvalue weighted by molar-refractivity contribution is 5.93. The summed E-state index contributed by atoms with van der Waals surface area (Å²) >= 11 is 0. The minimum absolute atomic E-state index is 0.00676. The molecule has 2 bridgehead atoms.